The normalized spacial score (nSPS) is 15.4. The van der Waals surface area contributed by atoms with Crippen LogP contribution in [0.15, 0.2) is 32.7 Å². The summed E-state index contributed by atoms with van der Waals surface area (Å²) in [5.41, 5.74) is 0.906. The van der Waals surface area contributed by atoms with Crippen molar-refractivity contribution in [1.82, 2.24) is 20.0 Å². The Morgan fingerprint density at radius 2 is 2.33 bits per heavy atom. The Balaban J connectivity index is 1.28. The Morgan fingerprint density at radius 3 is 3.04 bits per heavy atom. The fraction of sp³-hybridized carbons (Fsp3) is 0.333. The molecule has 4 heterocycles. The van der Waals surface area contributed by atoms with Crippen LogP contribution in [0.25, 0.3) is 11.6 Å². The molecular formula is C15H15N5O3S. The molecule has 0 atom stereocenters. The number of nitrogens with zero attached hydrogens (tertiary/aromatic N) is 4. The van der Waals surface area contributed by atoms with E-state index in [1.807, 2.05) is 17.2 Å². The molecule has 1 amide bonds. The molecule has 3 aromatic heterocycles. The van der Waals surface area contributed by atoms with Gasteiger partial charge in [-0.25, -0.2) is 4.98 Å². The number of carbonyl (C=O) groups is 1. The molecule has 4 rings (SSSR count). The van der Waals surface area contributed by atoms with Gasteiger partial charge in [0.25, 0.3) is 0 Å². The highest BCUT2D eigenvalue weighted by atomic mass is 32.1. The largest absolute Gasteiger partial charge is 0.461 e. The van der Waals surface area contributed by atoms with Gasteiger partial charge in [-0.15, -0.1) is 11.3 Å². The van der Waals surface area contributed by atoms with Crippen LogP contribution in [-0.2, 0) is 4.79 Å². The van der Waals surface area contributed by atoms with Crippen molar-refractivity contribution in [3.05, 3.63) is 35.4 Å². The predicted octanol–water partition coefficient (Wildman–Crippen LogP) is 2.13. The number of nitrogens with one attached hydrogen (secondary N) is 1. The molecule has 24 heavy (non-hydrogen) atoms. The van der Waals surface area contributed by atoms with Crippen molar-refractivity contribution in [2.45, 2.75) is 12.8 Å². The van der Waals surface area contributed by atoms with Crippen molar-refractivity contribution >= 4 is 22.4 Å². The molecule has 3 aromatic rings. The minimum absolute atomic E-state index is 0.0652. The number of likely N-dealkylation sites (tertiary alicyclic amines) is 1. The van der Waals surface area contributed by atoms with Gasteiger partial charge in [0, 0.05) is 18.5 Å². The van der Waals surface area contributed by atoms with Crippen LogP contribution in [0.1, 0.15) is 17.5 Å². The second-order valence-corrected chi connectivity index (χ2v) is 6.52. The number of carbonyl (C=O) groups excluding carboxylic acids is 1. The SMILES string of the molecule is Cc1csc(NC(=O)CN2CC(c3nc(-c4ccco4)no3)C2)n1. The van der Waals surface area contributed by atoms with Gasteiger partial charge in [-0.3, -0.25) is 9.69 Å². The number of rotatable bonds is 5. The molecule has 124 valence electrons. The summed E-state index contributed by atoms with van der Waals surface area (Å²) in [4.78, 5) is 22.6. The van der Waals surface area contributed by atoms with Crippen LogP contribution in [0.3, 0.4) is 0 Å². The minimum Gasteiger partial charge on any atom is -0.461 e. The van der Waals surface area contributed by atoms with Crippen molar-refractivity contribution in [2.24, 2.45) is 0 Å². The van der Waals surface area contributed by atoms with Gasteiger partial charge in [0.1, 0.15) is 0 Å². The number of thiazole rings is 1. The molecule has 0 bridgehead atoms. The Hall–Kier alpha value is -2.52. The maximum Gasteiger partial charge on any atom is 0.240 e. The third-order valence-electron chi connectivity index (χ3n) is 3.72. The zero-order valence-electron chi connectivity index (χ0n) is 12.9. The number of anilines is 1. The summed E-state index contributed by atoms with van der Waals surface area (Å²) in [6, 6.07) is 3.56. The monoisotopic (exact) mass is 345 g/mol. The summed E-state index contributed by atoms with van der Waals surface area (Å²) in [6.07, 6.45) is 1.57. The second-order valence-electron chi connectivity index (χ2n) is 5.67. The molecule has 0 saturated carbocycles. The average Bonchev–Trinajstić information content (AvgIpc) is 3.23. The molecule has 1 N–H and O–H groups in total. The third-order valence-corrected chi connectivity index (χ3v) is 4.60. The van der Waals surface area contributed by atoms with E-state index in [2.05, 4.69) is 20.4 Å². The lowest BCUT2D eigenvalue weighted by molar-refractivity contribution is -0.118. The summed E-state index contributed by atoms with van der Waals surface area (Å²) in [5, 5.41) is 9.26. The molecule has 1 saturated heterocycles. The van der Waals surface area contributed by atoms with E-state index in [1.165, 1.54) is 11.3 Å². The highest BCUT2D eigenvalue weighted by Crippen LogP contribution is 2.27. The van der Waals surface area contributed by atoms with Crippen LogP contribution in [0.5, 0.6) is 0 Å². The standard InChI is InChI=1S/C15H15N5O3S/c1-9-8-24-15(16-9)17-12(21)7-20-5-10(6-20)14-18-13(19-23-14)11-3-2-4-22-11/h2-4,8,10H,5-7H2,1H3,(H,16,17,21). The molecule has 0 aromatic carbocycles. The number of amides is 1. The number of aryl methyl sites for hydroxylation is 1. The average molecular weight is 345 g/mol. The summed E-state index contributed by atoms with van der Waals surface area (Å²) in [5.74, 6) is 1.69. The van der Waals surface area contributed by atoms with E-state index in [0.29, 0.717) is 42.2 Å². The molecule has 8 nitrogen and oxygen atoms in total. The fourth-order valence-corrected chi connectivity index (χ4v) is 3.24. The van der Waals surface area contributed by atoms with E-state index in [0.717, 1.165) is 5.69 Å². The van der Waals surface area contributed by atoms with Crippen LogP contribution in [0, 0.1) is 6.92 Å². The zero-order valence-corrected chi connectivity index (χ0v) is 13.7. The van der Waals surface area contributed by atoms with Crippen molar-refractivity contribution in [3.63, 3.8) is 0 Å². The van der Waals surface area contributed by atoms with E-state index in [4.69, 9.17) is 8.94 Å². The zero-order chi connectivity index (χ0) is 16.5. The number of hydrogen-bond donors (Lipinski definition) is 1. The molecule has 0 spiro atoms. The maximum atomic E-state index is 12.0. The Kier molecular flexibility index (Phi) is 3.87. The maximum absolute atomic E-state index is 12.0. The van der Waals surface area contributed by atoms with Gasteiger partial charge in [-0.2, -0.15) is 4.98 Å². The highest BCUT2D eigenvalue weighted by molar-refractivity contribution is 7.13. The Morgan fingerprint density at radius 1 is 1.46 bits per heavy atom. The van der Waals surface area contributed by atoms with E-state index in [9.17, 15) is 4.79 Å². The van der Waals surface area contributed by atoms with E-state index >= 15 is 0 Å². The van der Waals surface area contributed by atoms with Crippen LogP contribution in [0.4, 0.5) is 5.13 Å². The molecule has 1 fully saturated rings. The van der Waals surface area contributed by atoms with Crippen LogP contribution in [0.2, 0.25) is 0 Å². The first-order valence-corrected chi connectivity index (χ1v) is 8.37. The second kappa shape index (κ2) is 6.17. The summed E-state index contributed by atoms with van der Waals surface area (Å²) in [6.45, 7) is 3.65. The fourth-order valence-electron chi connectivity index (χ4n) is 2.54. The number of furan rings is 1. The van der Waals surface area contributed by atoms with Crippen LogP contribution >= 0.6 is 11.3 Å². The van der Waals surface area contributed by atoms with Gasteiger partial charge in [-0.05, 0) is 19.1 Å². The van der Waals surface area contributed by atoms with Gasteiger partial charge in [0.2, 0.25) is 17.6 Å². The Labute approximate surface area is 141 Å². The smallest absolute Gasteiger partial charge is 0.240 e. The van der Waals surface area contributed by atoms with Gasteiger partial charge in [0.05, 0.1) is 24.4 Å². The summed E-state index contributed by atoms with van der Waals surface area (Å²) in [7, 11) is 0. The van der Waals surface area contributed by atoms with Gasteiger partial charge >= 0.3 is 0 Å². The topological polar surface area (TPSA) is 97.3 Å². The van der Waals surface area contributed by atoms with Crippen molar-refractivity contribution in [2.75, 3.05) is 25.0 Å². The molecular weight excluding hydrogens is 330 g/mol. The molecule has 0 unspecified atom stereocenters. The van der Waals surface area contributed by atoms with Crippen LogP contribution < -0.4 is 5.32 Å². The van der Waals surface area contributed by atoms with Crippen molar-refractivity contribution in [3.8, 4) is 11.6 Å². The number of aromatic nitrogens is 3. The van der Waals surface area contributed by atoms with Gasteiger partial charge < -0.3 is 14.3 Å². The Bertz CT molecular complexity index is 835. The third kappa shape index (κ3) is 3.08. The highest BCUT2D eigenvalue weighted by Gasteiger charge is 2.33. The van der Waals surface area contributed by atoms with E-state index < -0.39 is 0 Å². The molecule has 1 aliphatic heterocycles. The predicted molar refractivity (Wildman–Crippen MR) is 86.7 cm³/mol. The van der Waals surface area contributed by atoms with Gasteiger partial charge in [-0.1, -0.05) is 5.16 Å². The lowest BCUT2D eigenvalue weighted by Crippen LogP contribution is -2.48. The van der Waals surface area contributed by atoms with Crippen molar-refractivity contribution in [1.29, 1.82) is 0 Å². The molecule has 9 heteroatoms. The quantitative estimate of drug-likeness (QED) is 0.756. The van der Waals surface area contributed by atoms with Gasteiger partial charge in [0.15, 0.2) is 10.9 Å². The first kappa shape index (κ1) is 15.0. The first-order valence-electron chi connectivity index (χ1n) is 7.49. The minimum atomic E-state index is -0.0652. The van der Waals surface area contributed by atoms with Crippen LogP contribution in [-0.4, -0.2) is 45.6 Å². The first-order chi connectivity index (χ1) is 11.7. The van der Waals surface area contributed by atoms with Crippen molar-refractivity contribution < 1.29 is 13.7 Å². The molecule has 0 radical (unpaired) electrons. The summed E-state index contributed by atoms with van der Waals surface area (Å²) >= 11 is 1.43. The summed E-state index contributed by atoms with van der Waals surface area (Å²) < 4.78 is 10.5. The van der Waals surface area contributed by atoms with E-state index in [-0.39, 0.29) is 11.8 Å². The molecule has 0 aliphatic carbocycles. The van der Waals surface area contributed by atoms with E-state index in [1.54, 1.807) is 18.4 Å². The molecule has 1 aliphatic rings. The number of hydrogen-bond acceptors (Lipinski definition) is 8. The lowest BCUT2D eigenvalue weighted by Gasteiger charge is -2.36. The lowest BCUT2D eigenvalue weighted by atomic mass is 10.0.